The van der Waals surface area contributed by atoms with Crippen LogP contribution in [0.2, 0.25) is 0 Å². The summed E-state index contributed by atoms with van der Waals surface area (Å²) in [7, 11) is 0. The Morgan fingerprint density at radius 1 is 0.500 bits per heavy atom. The minimum atomic E-state index is 0.0881. The van der Waals surface area contributed by atoms with Gasteiger partial charge in [-0.1, -0.05) is 41.5 Å². The molecule has 0 aliphatic carbocycles. The molecule has 0 amide bonds. The summed E-state index contributed by atoms with van der Waals surface area (Å²) in [6.07, 6.45) is 6.56. The standard InChI is InChI=1S/C14H30N2/c1-7-13(8-2,9-3)15-16-14(10-4,11-5)12-6/h7-12H2,1-6H3/b16-15+. The molecule has 2 heteroatoms. The molecule has 0 saturated carbocycles. The third-order valence-corrected chi connectivity index (χ3v) is 4.42. The fraction of sp³-hybridized carbons (Fsp3) is 1.00. The first-order chi connectivity index (χ1) is 7.57. The first-order valence-electron chi connectivity index (χ1n) is 7.01. The summed E-state index contributed by atoms with van der Waals surface area (Å²) >= 11 is 0. The van der Waals surface area contributed by atoms with Gasteiger partial charge in [0.2, 0.25) is 0 Å². The van der Waals surface area contributed by atoms with Gasteiger partial charge in [0.1, 0.15) is 0 Å². The molecule has 0 aromatic heterocycles. The second kappa shape index (κ2) is 7.03. The molecule has 16 heavy (non-hydrogen) atoms. The Morgan fingerprint density at radius 2 is 0.688 bits per heavy atom. The van der Waals surface area contributed by atoms with Crippen LogP contribution < -0.4 is 0 Å². The van der Waals surface area contributed by atoms with Crippen LogP contribution in [0.15, 0.2) is 10.2 Å². The molecule has 0 unspecified atom stereocenters. The van der Waals surface area contributed by atoms with Crippen molar-refractivity contribution >= 4 is 0 Å². The van der Waals surface area contributed by atoms with Gasteiger partial charge in [-0.3, -0.25) is 0 Å². The molecule has 0 atom stereocenters. The Morgan fingerprint density at radius 3 is 0.812 bits per heavy atom. The summed E-state index contributed by atoms with van der Waals surface area (Å²) < 4.78 is 0. The van der Waals surface area contributed by atoms with Crippen LogP contribution in [0.4, 0.5) is 0 Å². The molecule has 0 aromatic carbocycles. The first kappa shape index (κ1) is 15.6. The lowest BCUT2D eigenvalue weighted by molar-refractivity contribution is 0.306. The quantitative estimate of drug-likeness (QED) is 0.497. The minimum absolute atomic E-state index is 0.0881. The number of azo groups is 1. The fourth-order valence-corrected chi connectivity index (χ4v) is 2.14. The van der Waals surface area contributed by atoms with E-state index < -0.39 is 0 Å². The molecule has 96 valence electrons. The van der Waals surface area contributed by atoms with Crippen LogP contribution in [0.5, 0.6) is 0 Å². The average Bonchev–Trinajstić information content (AvgIpc) is 2.37. The monoisotopic (exact) mass is 226 g/mol. The summed E-state index contributed by atoms with van der Waals surface area (Å²) in [4.78, 5) is 0. The molecule has 0 heterocycles. The smallest absolute Gasteiger partial charge is 0.0808 e. The molecular weight excluding hydrogens is 196 g/mol. The van der Waals surface area contributed by atoms with Gasteiger partial charge in [-0.15, -0.1) is 0 Å². The van der Waals surface area contributed by atoms with E-state index in [1.807, 2.05) is 0 Å². The molecule has 0 aliphatic rings. The Kier molecular flexibility index (Phi) is 6.85. The highest BCUT2D eigenvalue weighted by molar-refractivity contribution is 4.87. The van der Waals surface area contributed by atoms with Gasteiger partial charge < -0.3 is 0 Å². The molecule has 2 nitrogen and oxygen atoms in total. The van der Waals surface area contributed by atoms with Crippen LogP contribution in [0.25, 0.3) is 0 Å². The van der Waals surface area contributed by atoms with Crippen molar-refractivity contribution in [3.8, 4) is 0 Å². The maximum atomic E-state index is 4.72. The zero-order chi connectivity index (χ0) is 12.7. The number of hydrogen-bond donors (Lipinski definition) is 0. The molecule has 0 fully saturated rings. The van der Waals surface area contributed by atoms with E-state index in [0.29, 0.717) is 0 Å². The largest absolute Gasteiger partial charge is 0.187 e. The van der Waals surface area contributed by atoms with Gasteiger partial charge in [0.15, 0.2) is 0 Å². The normalized spacial score (nSPS) is 13.6. The van der Waals surface area contributed by atoms with Crippen molar-refractivity contribution in [2.45, 2.75) is 91.1 Å². The third kappa shape index (κ3) is 3.57. The molecule has 0 saturated heterocycles. The summed E-state index contributed by atoms with van der Waals surface area (Å²) in [6, 6.07) is 0. The number of hydrogen-bond acceptors (Lipinski definition) is 2. The first-order valence-corrected chi connectivity index (χ1v) is 7.01. The lowest BCUT2D eigenvalue weighted by Crippen LogP contribution is -2.27. The lowest BCUT2D eigenvalue weighted by atomic mass is 9.89. The van der Waals surface area contributed by atoms with Crippen LogP contribution in [0.3, 0.4) is 0 Å². The van der Waals surface area contributed by atoms with E-state index in [4.69, 9.17) is 10.2 Å². The average molecular weight is 226 g/mol. The van der Waals surface area contributed by atoms with E-state index in [2.05, 4.69) is 41.5 Å². The van der Waals surface area contributed by atoms with Gasteiger partial charge >= 0.3 is 0 Å². The second-order valence-electron chi connectivity index (χ2n) is 4.77. The van der Waals surface area contributed by atoms with Crippen molar-refractivity contribution in [1.82, 2.24) is 0 Å². The molecule has 0 bridgehead atoms. The topological polar surface area (TPSA) is 24.7 Å². The van der Waals surface area contributed by atoms with Gasteiger partial charge in [-0.25, -0.2) is 0 Å². The summed E-state index contributed by atoms with van der Waals surface area (Å²) in [5.74, 6) is 0. The van der Waals surface area contributed by atoms with Crippen LogP contribution >= 0.6 is 0 Å². The lowest BCUT2D eigenvalue weighted by Gasteiger charge is -2.29. The van der Waals surface area contributed by atoms with Gasteiger partial charge in [-0.2, -0.15) is 10.2 Å². The van der Waals surface area contributed by atoms with E-state index in [1.54, 1.807) is 0 Å². The summed E-state index contributed by atoms with van der Waals surface area (Å²) in [5, 5.41) is 9.44. The van der Waals surface area contributed by atoms with Gasteiger partial charge in [0.05, 0.1) is 11.1 Å². The fourth-order valence-electron chi connectivity index (χ4n) is 2.14. The van der Waals surface area contributed by atoms with E-state index in [0.717, 1.165) is 38.5 Å². The van der Waals surface area contributed by atoms with Crippen LogP contribution in [0.1, 0.15) is 80.1 Å². The van der Waals surface area contributed by atoms with E-state index in [9.17, 15) is 0 Å². The van der Waals surface area contributed by atoms with Crippen molar-refractivity contribution in [2.24, 2.45) is 10.2 Å². The van der Waals surface area contributed by atoms with Crippen LogP contribution in [0, 0.1) is 0 Å². The third-order valence-electron chi connectivity index (χ3n) is 4.42. The summed E-state index contributed by atoms with van der Waals surface area (Å²) in [5.41, 5.74) is 0.176. The van der Waals surface area contributed by atoms with Crippen molar-refractivity contribution < 1.29 is 0 Å². The van der Waals surface area contributed by atoms with Crippen molar-refractivity contribution in [3.05, 3.63) is 0 Å². The van der Waals surface area contributed by atoms with Crippen LogP contribution in [-0.4, -0.2) is 11.1 Å². The summed E-state index contributed by atoms with van der Waals surface area (Å²) in [6.45, 7) is 13.3. The van der Waals surface area contributed by atoms with Gasteiger partial charge in [0.25, 0.3) is 0 Å². The molecule has 0 N–H and O–H groups in total. The molecule has 0 aliphatic heterocycles. The Labute approximate surface area is 102 Å². The number of nitrogens with zero attached hydrogens (tertiary/aromatic N) is 2. The van der Waals surface area contributed by atoms with Crippen molar-refractivity contribution in [3.63, 3.8) is 0 Å². The highest BCUT2D eigenvalue weighted by Crippen LogP contribution is 2.30. The maximum Gasteiger partial charge on any atom is 0.0808 e. The van der Waals surface area contributed by atoms with Crippen molar-refractivity contribution in [2.75, 3.05) is 0 Å². The Bertz CT molecular complexity index is 162. The van der Waals surface area contributed by atoms with E-state index >= 15 is 0 Å². The predicted octanol–water partition coefficient (Wildman–Crippen LogP) is 5.38. The van der Waals surface area contributed by atoms with Crippen molar-refractivity contribution in [1.29, 1.82) is 0 Å². The molecule has 0 spiro atoms. The zero-order valence-electron chi connectivity index (χ0n) is 12.1. The molecule has 0 rings (SSSR count). The SMILES string of the molecule is CCC(CC)(CC)/N=N/C(CC)(CC)CC. The number of rotatable bonds is 8. The highest BCUT2D eigenvalue weighted by Gasteiger charge is 2.27. The minimum Gasteiger partial charge on any atom is -0.187 e. The molecule has 0 radical (unpaired) electrons. The Balaban J connectivity index is 4.88. The second-order valence-corrected chi connectivity index (χ2v) is 4.77. The molecule has 0 aromatic rings. The van der Waals surface area contributed by atoms with E-state index in [-0.39, 0.29) is 11.1 Å². The zero-order valence-corrected chi connectivity index (χ0v) is 12.1. The highest BCUT2D eigenvalue weighted by atomic mass is 15.2. The van der Waals surface area contributed by atoms with E-state index in [1.165, 1.54) is 0 Å². The maximum absolute atomic E-state index is 4.72. The van der Waals surface area contributed by atoms with Gasteiger partial charge in [0, 0.05) is 0 Å². The predicted molar refractivity (Wildman–Crippen MR) is 72.1 cm³/mol. The molecular formula is C14H30N2. The van der Waals surface area contributed by atoms with Crippen LogP contribution in [-0.2, 0) is 0 Å². The van der Waals surface area contributed by atoms with Gasteiger partial charge in [-0.05, 0) is 38.5 Å². The Hall–Kier alpha value is -0.400.